The first kappa shape index (κ1) is 12.1. The van der Waals surface area contributed by atoms with E-state index in [9.17, 15) is 4.79 Å². The van der Waals surface area contributed by atoms with Gasteiger partial charge in [0.25, 0.3) is 0 Å². The second-order valence-electron chi connectivity index (χ2n) is 3.88. The van der Waals surface area contributed by atoms with E-state index >= 15 is 0 Å². The Bertz CT molecular complexity index is 556. The van der Waals surface area contributed by atoms with Crippen molar-refractivity contribution in [2.75, 3.05) is 0 Å². The Morgan fingerprint density at radius 2 is 1.61 bits per heavy atom. The van der Waals surface area contributed by atoms with Gasteiger partial charge in [-0.2, -0.15) is 0 Å². The molecule has 90 valence electrons. The summed E-state index contributed by atoms with van der Waals surface area (Å²) in [5.74, 6) is 0.271. The Morgan fingerprint density at radius 1 is 0.944 bits per heavy atom. The molecular formula is C16H14O2. The molecule has 0 heterocycles. The van der Waals surface area contributed by atoms with Gasteiger partial charge in [-0.3, -0.25) is 4.79 Å². The van der Waals surface area contributed by atoms with E-state index in [1.165, 1.54) is 6.92 Å². The van der Waals surface area contributed by atoms with E-state index in [1.807, 2.05) is 60.7 Å². The van der Waals surface area contributed by atoms with Crippen molar-refractivity contribution in [3.8, 4) is 5.75 Å². The molecule has 2 nitrogen and oxygen atoms in total. The van der Waals surface area contributed by atoms with Gasteiger partial charge < -0.3 is 4.74 Å². The Hall–Kier alpha value is -2.35. The van der Waals surface area contributed by atoms with Crippen LogP contribution < -0.4 is 4.74 Å². The van der Waals surface area contributed by atoms with Crippen LogP contribution in [0.3, 0.4) is 0 Å². The molecule has 0 aliphatic rings. The molecule has 0 atom stereocenters. The third-order valence-corrected chi connectivity index (χ3v) is 2.43. The van der Waals surface area contributed by atoms with E-state index in [2.05, 4.69) is 0 Å². The van der Waals surface area contributed by atoms with E-state index in [0.29, 0.717) is 5.75 Å². The SMILES string of the molecule is CC(=O)Oc1ccccc1C=Cc1ccccc1. The van der Waals surface area contributed by atoms with Crippen LogP contribution in [0, 0.1) is 0 Å². The van der Waals surface area contributed by atoms with Crippen molar-refractivity contribution >= 4 is 18.1 Å². The molecule has 0 aliphatic carbocycles. The topological polar surface area (TPSA) is 26.3 Å². The van der Waals surface area contributed by atoms with E-state index < -0.39 is 0 Å². The molecule has 2 rings (SSSR count). The second-order valence-corrected chi connectivity index (χ2v) is 3.88. The lowest BCUT2D eigenvalue weighted by Crippen LogP contribution is -2.02. The highest BCUT2D eigenvalue weighted by molar-refractivity contribution is 5.76. The minimum Gasteiger partial charge on any atom is -0.426 e. The van der Waals surface area contributed by atoms with Crippen molar-refractivity contribution in [3.05, 3.63) is 65.7 Å². The van der Waals surface area contributed by atoms with Gasteiger partial charge in [-0.25, -0.2) is 0 Å². The molecule has 0 N–H and O–H groups in total. The largest absolute Gasteiger partial charge is 0.426 e. The molecule has 0 aromatic heterocycles. The molecule has 2 heteroatoms. The van der Waals surface area contributed by atoms with E-state index in [0.717, 1.165) is 11.1 Å². The zero-order valence-corrected chi connectivity index (χ0v) is 10.2. The van der Waals surface area contributed by atoms with E-state index in [1.54, 1.807) is 6.07 Å². The third-order valence-electron chi connectivity index (χ3n) is 2.43. The Labute approximate surface area is 107 Å². The van der Waals surface area contributed by atoms with Crippen molar-refractivity contribution < 1.29 is 9.53 Å². The number of hydrogen-bond acceptors (Lipinski definition) is 2. The summed E-state index contributed by atoms with van der Waals surface area (Å²) in [5, 5.41) is 0. The summed E-state index contributed by atoms with van der Waals surface area (Å²) in [5.41, 5.74) is 1.99. The molecule has 0 fully saturated rings. The lowest BCUT2D eigenvalue weighted by molar-refractivity contribution is -0.131. The smallest absolute Gasteiger partial charge is 0.308 e. The molecule has 0 aliphatic heterocycles. The molecule has 18 heavy (non-hydrogen) atoms. The number of esters is 1. The maximum atomic E-state index is 11.0. The van der Waals surface area contributed by atoms with Gasteiger partial charge in [-0.15, -0.1) is 0 Å². The first-order valence-electron chi connectivity index (χ1n) is 5.76. The average Bonchev–Trinajstić information content (AvgIpc) is 2.38. The van der Waals surface area contributed by atoms with Crippen LogP contribution in [0.1, 0.15) is 18.1 Å². The predicted octanol–water partition coefficient (Wildman–Crippen LogP) is 3.78. The lowest BCUT2D eigenvalue weighted by atomic mass is 10.1. The fraction of sp³-hybridized carbons (Fsp3) is 0.0625. The normalized spacial score (nSPS) is 10.5. The van der Waals surface area contributed by atoms with Gasteiger partial charge in [0.15, 0.2) is 0 Å². The first-order chi connectivity index (χ1) is 8.75. The zero-order chi connectivity index (χ0) is 12.8. The van der Waals surface area contributed by atoms with Gasteiger partial charge in [0.05, 0.1) is 0 Å². The van der Waals surface area contributed by atoms with Crippen LogP contribution in [-0.2, 0) is 4.79 Å². The molecule has 0 bridgehead atoms. The minimum absolute atomic E-state index is 0.310. The molecule has 0 unspecified atom stereocenters. The van der Waals surface area contributed by atoms with E-state index in [-0.39, 0.29) is 5.97 Å². The van der Waals surface area contributed by atoms with Crippen molar-refractivity contribution in [1.82, 2.24) is 0 Å². The van der Waals surface area contributed by atoms with Crippen molar-refractivity contribution in [2.45, 2.75) is 6.92 Å². The average molecular weight is 238 g/mol. The summed E-state index contributed by atoms with van der Waals surface area (Å²) >= 11 is 0. The van der Waals surface area contributed by atoms with Crippen LogP contribution in [0.4, 0.5) is 0 Å². The maximum Gasteiger partial charge on any atom is 0.308 e. The van der Waals surface area contributed by atoms with E-state index in [4.69, 9.17) is 4.74 Å². The van der Waals surface area contributed by atoms with Crippen LogP contribution >= 0.6 is 0 Å². The van der Waals surface area contributed by atoms with Gasteiger partial charge in [0.1, 0.15) is 5.75 Å². The number of carbonyl (C=O) groups is 1. The number of carbonyl (C=O) groups excluding carboxylic acids is 1. The summed E-state index contributed by atoms with van der Waals surface area (Å²) in [7, 11) is 0. The fourth-order valence-corrected chi connectivity index (χ4v) is 1.62. The third kappa shape index (κ3) is 3.32. The highest BCUT2D eigenvalue weighted by Crippen LogP contribution is 2.20. The van der Waals surface area contributed by atoms with Crippen molar-refractivity contribution in [2.24, 2.45) is 0 Å². The molecule has 0 spiro atoms. The number of rotatable bonds is 3. The first-order valence-corrected chi connectivity index (χ1v) is 5.76. The summed E-state index contributed by atoms with van der Waals surface area (Å²) < 4.78 is 5.14. The minimum atomic E-state index is -0.310. The Morgan fingerprint density at radius 3 is 2.33 bits per heavy atom. The molecule has 2 aromatic rings. The van der Waals surface area contributed by atoms with Crippen LogP contribution in [0.5, 0.6) is 5.75 Å². The van der Waals surface area contributed by atoms with Gasteiger partial charge >= 0.3 is 5.97 Å². The van der Waals surface area contributed by atoms with Crippen LogP contribution in [0.15, 0.2) is 54.6 Å². The van der Waals surface area contributed by atoms with Crippen LogP contribution in [0.2, 0.25) is 0 Å². The highest BCUT2D eigenvalue weighted by Gasteiger charge is 2.01. The standard InChI is InChI=1S/C16H14O2/c1-13(17)18-16-10-6-5-9-15(16)12-11-14-7-3-2-4-8-14/h2-12H,1H3. The molecule has 0 radical (unpaired) electrons. The van der Waals surface area contributed by atoms with Crippen molar-refractivity contribution in [3.63, 3.8) is 0 Å². The van der Waals surface area contributed by atoms with Gasteiger partial charge in [0, 0.05) is 12.5 Å². The Balaban J connectivity index is 2.23. The molecular weight excluding hydrogens is 224 g/mol. The van der Waals surface area contributed by atoms with Gasteiger partial charge in [0.2, 0.25) is 0 Å². The van der Waals surface area contributed by atoms with Crippen LogP contribution in [0.25, 0.3) is 12.2 Å². The second kappa shape index (κ2) is 5.82. The molecule has 2 aromatic carbocycles. The summed E-state index contributed by atoms with van der Waals surface area (Å²) in [6.45, 7) is 1.40. The number of ether oxygens (including phenoxy) is 1. The molecule has 0 saturated carbocycles. The van der Waals surface area contributed by atoms with Gasteiger partial charge in [-0.1, -0.05) is 60.7 Å². The lowest BCUT2D eigenvalue weighted by Gasteiger charge is -2.04. The molecule has 0 amide bonds. The summed E-state index contributed by atoms with van der Waals surface area (Å²) in [6, 6.07) is 17.4. The van der Waals surface area contributed by atoms with Crippen molar-refractivity contribution in [1.29, 1.82) is 0 Å². The monoisotopic (exact) mass is 238 g/mol. The van der Waals surface area contributed by atoms with Crippen LogP contribution in [-0.4, -0.2) is 5.97 Å². The number of benzene rings is 2. The highest BCUT2D eigenvalue weighted by atomic mass is 16.5. The Kier molecular flexibility index (Phi) is 3.92. The number of para-hydroxylation sites is 1. The van der Waals surface area contributed by atoms with Gasteiger partial charge in [-0.05, 0) is 11.6 Å². The molecule has 0 saturated heterocycles. The number of hydrogen-bond donors (Lipinski definition) is 0. The maximum absolute atomic E-state index is 11.0. The summed E-state index contributed by atoms with van der Waals surface area (Å²) in [4.78, 5) is 11.0. The summed E-state index contributed by atoms with van der Waals surface area (Å²) in [6.07, 6.45) is 3.93. The fourth-order valence-electron chi connectivity index (χ4n) is 1.62. The quantitative estimate of drug-likeness (QED) is 0.462. The zero-order valence-electron chi connectivity index (χ0n) is 10.2. The predicted molar refractivity (Wildman–Crippen MR) is 73.1 cm³/mol.